The highest BCUT2D eigenvalue weighted by Gasteiger charge is 2.30. The molecule has 0 fully saturated rings. The number of esters is 4. The number of aliphatic hydroxyl groups excluding tert-OH is 1. The van der Waals surface area contributed by atoms with Crippen LogP contribution in [0.15, 0.2) is 60.8 Å². The molecular weight excluding hydrogens is 1260 g/mol. The summed E-state index contributed by atoms with van der Waals surface area (Å²) in [5.74, 6) is -2.19. The first-order chi connectivity index (χ1) is 46.7. The first-order valence-corrected chi connectivity index (χ1v) is 41.5. The van der Waals surface area contributed by atoms with Crippen molar-refractivity contribution in [2.24, 2.45) is 0 Å². The summed E-state index contributed by atoms with van der Waals surface area (Å²) in [6, 6.07) is 0. The largest absolute Gasteiger partial charge is 0.472 e. The van der Waals surface area contributed by atoms with Crippen molar-refractivity contribution in [3.8, 4) is 0 Å². The van der Waals surface area contributed by atoms with E-state index in [1.807, 2.05) is 0 Å². The SMILES string of the molecule is CCCCC/C=C\C/C=C\CCCCCCCC(=O)O[C@H](COC(=O)CCCCCCC/C=C\CCCCCCCC)COP(=O)(O)OC[C@H](O)COP(=O)(O)OC[C@@H](COC(=O)CCCCCCC/C=C\CCCCCC)OC(=O)CCCCCCC/C=C\CCCCCC. The maximum atomic E-state index is 13.1. The van der Waals surface area contributed by atoms with E-state index in [1.54, 1.807) is 0 Å². The standard InChI is InChI=1S/C77H140O17P2/c1-5-9-13-17-21-25-29-33-35-39-42-46-50-54-58-62-75(80)88-68-73(94-77(82)64-60-56-52-48-44-40-36-34-30-26-22-18-14-10-6-2)70-92-96(85,86)90-66-71(78)65-89-95(83,84)91-69-72(93-76(81)63-59-55-51-47-43-38-32-28-24-20-16-12-8-4)67-87-74(79)61-57-53-49-45-41-37-31-27-23-19-15-11-7-3/h22,26-28,31-36,71-73,78H,5-21,23-25,29-30,37-70H2,1-4H3,(H,83,84)(H,85,86)/b26-22-,31-27-,32-28-,35-33-,36-34-/t71-,72-,73-/m1/s1. The highest BCUT2D eigenvalue weighted by atomic mass is 31.2. The Labute approximate surface area is 584 Å². The molecule has 0 saturated heterocycles. The van der Waals surface area contributed by atoms with Crippen molar-refractivity contribution in [2.45, 2.75) is 367 Å². The average molecular weight is 1400 g/mol. The lowest BCUT2D eigenvalue weighted by molar-refractivity contribution is -0.161. The molecule has 0 spiro atoms. The van der Waals surface area contributed by atoms with E-state index in [9.17, 15) is 43.2 Å². The van der Waals surface area contributed by atoms with Crippen molar-refractivity contribution in [2.75, 3.05) is 39.6 Å². The third kappa shape index (κ3) is 69.2. The Morgan fingerprint density at radius 1 is 0.292 bits per heavy atom. The Morgan fingerprint density at radius 2 is 0.510 bits per heavy atom. The third-order valence-electron chi connectivity index (χ3n) is 16.4. The fourth-order valence-electron chi connectivity index (χ4n) is 10.5. The van der Waals surface area contributed by atoms with Gasteiger partial charge in [-0.05, 0) is 135 Å². The van der Waals surface area contributed by atoms with Gasteiger partial charge in [-0.25, -0.2) is 9.13 Å². The molecule has 560 valence electrons. The van der Waals surface area contributed by atoms with E-state index in [-0.39, 0.29) is 25.7 Å². The van der Waals surface area contributed by atoms with Gasteiger partial charge in [-0.2, -0.15) is 0 Å². The minimum Gasteiger partial charge on any atom is -0.462 e. The van der Waals surface area contributed by atoms with Crippen LogP contribution in [0.25, 0.3) is 0 Å². The second kappa shape index (κ2) is 70.2. The van der Waals surface area contributed by atoms with Gasteiger partial charge in [0.15, 0.2) is 12.2 Å². The maximum absolute atomic E-state index is 13.1. The molecule has 0 saturated carbocycles. The smallest absolute Gasteiger partial charge is 0.462 e. The van der Waals surface area contributed by atoms with Crippen LogP contribution in [0.1, 0.15) is 349 Å². The van der Waals surface area contributed by atoms with E-state index >= 15 is 0 Å². The number of unbranched alkanes of at least 4 members (excludes halogenated alkanes) is 37. The Balaban J connectivity index is 5.34. The molecule has 2 unspecified atom stereocenters. The second-order valence-corrected chi connectivity index (χ2v) is 28.8. The van der Waals surface area contributed by atoms with Gasteiger partial charge in [-0.1, -0.05) is 249 Å². The van der Waals surface area contributed by atoms with Crippen LogP contribution in [0.4, 0.5) is 0 Å². The summed E-state index contributed by atoms with van der Waals surface area (Å²) >= 11 is 0. The molecule has 0 aliphatic heterocycles. The molecule has 5 atom stereocenters. The fraction of sp³-hybridized carbons (Fsp3) is 0.818. The molecule has 0 amide bonds. The molecule has 0 aromatic carbocycles. The van der Waals surface area contributed by atoms with Gasteiger partial charge in [0, 0.05) is 25.7 Å². The van der Waals surface area contributed by atoms with Crippen LogP contribution in [0.2, 0.25) is 0 Å². The normalized spacial score (nSPS) is 14.3. The molecule has 0 aliphatic rings. The predicted molar refractivity (Wildman–Crippen MR) is 390 cm³/mol. The first kappa shape index (κ1) is 92.8. The van der Waals surface area contributed by atoms with Crippen LogP contribution in [0, 0.1) is 0 Å². The lowest BCUT2D eigenvalue weighted by Gasteiger charge is -2.21. The molecule has 0 rings (SSSR count). The van der Waals surface area contributed by atoms with Crippen LogP contribution in [-0.4, -0.2) is 96.7 Å². The zero-order chi connectivity index (χ0) is 70.4. The van der Waals surface area contributed by atoms with Gasteiger partial charge < -0.3 is 33.8 Å². The molecule has 96 heavy (non-hydrogen) atoms. The number of hydrogen-bond acceptors (Lipinski definition) is 15. The molecule has 19 heteroatoms. The van der Waals surface area contributed by atoms with Gasteiger partial charge in [-0.15, -0.1) is 0 Å². The molecular formula is C77H140O17P2. The van der Waals surface area contributed by atoms with Crippen molar-refractivity contribution in [3.05, 3.63) is 60.8 Å². The number of phosphoric acid groups is 2. The summed E-state index contributed by atoms with van der Waals surface area (Å²) < 4.78 is 68.4. The van der Waals surface area contributed by atoms with Crippen molar-refractivity contribution >= 4 is 39.5 Å². The van der Waals surface area contributed by atoms with Gasteiger partial charge in [0.2, 0.25) is 0 Å². The minimum absolute atomic E-state index is 0.0807. The van der Waals surface area contributed by atoms with Crippen LogP contribution >= 0.6 is 15.6 Å². The van der Waals surface area contributed by atoms with E-state index < -0.39 is 97.5 Å². The van der Waals surface area contributed by atoms with Crippen molar-refractivity contribution in [1.82, 2.24) is 0 Å². The van der Waals surface area contributed by atoms with E-state index in [2.05, 4.69) is 88.5 Å². The molecule has 0 radical (unpaired) electrons. The number of carbonyl (C=O) groups excluding carboxylic acids is 4. The Hall–Kier alpha value is -3.24. The van der Waals surface area contributed by atoms with Gasteiger partial charge in [0.05, 0.1) is 26.4 Å². The highest BCUT2D eigenvalue weighted by molar-refractivity contribution is 7.47. The Bertz CT molecular complexity index is 2060. The van der Waals surface area contributed by atoms with Crippen LogP contribution < -0.4 is 0 Å². The van der Waals surface area contributed by atoms with Crippen LogP contribution in [0.5, 0.6) is 0 Å². The predicted octanol–water partition coefficient (Wildman–Crippen LogP) is 21.9. The molecule has 0 bridgehead atoms. The zero-order valence-corrected chi connectivity index (χ0v) is 62.8. The number of rotatable bonds is 73. The molecule has 0 aromatic rings. The molecule has 0 heterocycles. The Morgan fingerprint density at radius 3 is 0.812 bits per heavy atom. The van der Waals surface area contributed by atoms with E-state index in [1.165, 1.54) is 109 Å². The van der Waals surface area contributed by atoms with Crippen molar-refractivity contribution in [1.29, 1.82) is 0 Å². The molecule has 17 nitrogen and oxygen atoms in total. The van der Waals surface area contributed by atoms with Gasteiger partial charge in [0.1, 0.15) is 19.3 Å². The highest BCUT2D eigenvalue weighted by Crippen LogP contribution is 2.45. The van der Waals surface area contributed by atoms with E-state index in [0.717, 1.165) is 161 Å². The summed E-state index contributed by atoms with van der Waals surface area (Å²) in [6.07, 6.45) is 67.7. The topological polar surface area (TPSA) is 237 Å². The summed E-state index contributed by atoms with van der Waals surface area (Å²) in [4.78, 5) is 72.8. The van der Waals surface area contributed by atoms with Gasteiger partial charge in [-0.3, -0.25) is 37.3 Å². The number of carbonyl (C=O) groups is 4. The first-order valence-electron chi connectivity index (χ1n) is 38.5. The lowest BCUT2D eigenvalue weighted by atomic mass is 10.1. The fourth-order valence-corrected chi connectivity index (χ4v) is 12.0. The van der Waals surface area contributed by atoms with Crippen molar-refractivity contribution < 1.29 is 80.2 Å². The average Bonchev–Trinajstić information content (AvgIpc) is 1.43. The number of ether oxygens (including phenoxy) is 4. The van der Waals surface area contributed by atoms with Gasteiger partial charge >= 0.3 is 39.5 Å². The number of aliphatic hydroxyl groups is 1. The van der Waals surface area contributed by atoms with Crippen molar-refractivity contribution in [3.63, 3.8) is 0 Å². The minimum atomic E-state index is -4.97. The number of allylic oxidation sites excluding steroid dienone is 10. The number of phosphoric ester groups is 2. The number of hydrogen-bond donors (Lipinski definition) is 3. The summed E-state index contributed by atoms with van der Waals surface area (Å²) in [5, 5.41) is 10.6. The summed E-state index contributed by atoms with van der Waals surface area (Å²) in [7, 11) is -9.94. The molecule has 0 aliphatic carbocycles. The maximum Gasteiger partial charge on any atom is 0.472 e. The lowest BCUT2D eigenvalue weighted by Crippen LogP contribution is -2.30. The second-order valence-electron chi connectivity index (χ2n) is 25.9. The molecule has 0 aromatic heterocycles. The Kier molecular flexibility index (Phi) is 67.8. The third-order valence-corrected chi connectivity index (χ3v) is 18.3. The summed E-state index contributed by atoms with van der Waals surface area (Å²) in [6.45, 7) is 4.81. The van der Waals surface area contributed by atoms with Crippen LogP contribution in [0.3, 0.4) is 0 Å². The monoisotopic (exact) mass is 1400 g/mol. The quantitative estimate of drug-likeness (QED) is 0.0169. The zero-order valence-electron chi connectivity index (χ0n) is 61.1. The van der Waals surface area contributed by atoms with E-state index in [0.29, 0.717) is 25.7 Å². The molecule has 3 N–H and O–H groups in total. The van der Waals surface area contributed by atoms with Crippen LogP contribution in [-0.2, 0) is 65.4 Å². The summed E-state index contributed by atoms with van der Waals surface area (Å²) in [5.41, 5.74) is 0. The van der Waals surface area contributed by atoms with Gasteiger partial charge in [0.25, 0.3) is 0 Å². The van der Waals surface area contributed by atoms with E-state index in [4.69, 9.17) is 37.0 Å².